The molecule has 1 saturated heterocycles. The highest BCUT2D eigenvalue weighted by Crippen LogP contribution is 2.27. The van der Waals surface area contributed by atoms with Crippen LogP contribution < -0.4 is 10.6 Å². The average Bonchev–Trinajstić information content (AvgIpc) is 3.66. The molecule has 2 aromatic carbocycles. The summed E-state index contributed by atoms with van der Waals surface area (Å²) >= 11 is 3.94. The fourth-order valence-corrected chi connectivity index (χ4v) is 8.33. The van der Waals surface area contributed by atoms with Crippen LogP contribution in [0.4, 0.5) is 9.52 Å². The lowest BCUT2D eigenvalue weighted by Gasteiger charge is -2.25. The van der Waals surface area contributed by atoms with Crippen LogP contribution in [0.3, 0.4) is 0 Å². The van der Waals surface area contributed by atoms with Gasteiger partial charge in [0.15, 0.2) is 15.3 Å². The molecule has 0 spiro atoms. The number of carbonyl (C=O) groups is 2. The van der Waals surface area contributed by atoms with E-state index in [-0.39, 0.29) is 28.7 Å². The van der Waals surface area contributed by atoms with Gasteiger partial charge in [0.2, 0.25) is 21.1 Å². The molecule has 2 aromatic heterocycles. The van der Waals surface area contributed by atoms with Crippen molar-refractivity contribution in [3.63, 3.8) is 0 Å². The summed E-state index contributed by atoms with van der Waals surface area (Å²) in [6.45, 7) is 2.95. The third-order valence-electron chi connectivity index (χ3n) is 6.51. The summed E-state index contributed by atoms with van der Waals surface area (Å²) < 4.78 is 43.4. The van der Waals surface area contributed by atoms with E-state index < -0.39 is 21.7 Å². The first-order valence-corrected chi connectivity index (χ1v) is 17.9. The maximum atomic E-state index is 13.7. The molecule has 0 saturated carbocycles. The number of piperidine rings is 1. The number of rotatable bonds is 12. The highest BCUT2D eigenvalue weighted by atomic mass is 32.2. The topological polar surface area (TPSA) is 152 Å². The Balaban J connectivity index is 1.26. The second-order valence-corrected chi connectivity index (χ2v) is 14.9. The fourth-order valence-electron chi connectivity index (χ4n) is 4.38. The van der Waals surface area contributed by atoms with Gasteiger partial charge < -0.3 is 5.32 Å². The first kappa shape index (κ1) is 32.0. The summed E-state index contributed by atoms with van der Waals surface area (Å²) in [5.41, 5.74) is 0.820. The van der Waals surface area contributed by atoms with Gasteiger partial charge in [-0.05, 0) is 67.1 Å². The Hall–Kier alpha value is -3.38. The van der Waals surface area contributed by atoms with E-state index in [2.05, 4.69) is 31.0 Å². The van der Waals surface area contributed by atoms with Crippen LogP contribution >= 0.6 is 34.9 Å². The number of nitrogens with zero attached hydrogens (tertiary/aromatic N) is 6. The summed E-state index contributed by atoms with van der Waals surface area (Å²) in [7, 11) is -3.61. The van der Waals surface area contributed by atoms with Gasteiger partial charge in [-0.15, -0.1) is 20.4 Å². The van der Waals surface area contributed by atoms with Crippen molar-refractivity contribution in [3.8, 4) is 5.69 Å². The molecule has 1 aliphatic rings. The Morgan fingerprint density at radius 1 is 0.955 bits per heavy atom. The summed E-state index contributed by atoms with van der Waals surface area (Å²) in [5, 5.41) is 22.7. The molecule has 3 heterocycles. The quantitative estimate of drug-likeness (QED) is 0.165. The third-order valence-corrected chi connectivity index (χ3v) is 11.2. The number of hydrogen-bond donors (Lipinski definition) is 2. The van der Waals surface area contributed by atoms with Crippen molar-refractivity contribution in [1.82, 2.24) is 34.6 Å². The van der Waals surface area contributed by atoms with Crippen molar-refractivity contribution in [1.29, 1.82) is 0 Å². The van der Waals surface area contributed by atoms with Gasteiger partial charge in [0.05, 0.1) is 17.2 Å². The van der Waals surface area contributed by atoms with Crippen LogP contribution in [0.1, 0.15) is 42.4 Å². The SMILES string of the molecule is CCSc1nnc(NC(=O)CSc2nnc(CNC(=O)c3ccc(S(=O)(=O)N4CCCCC4)cc3)n2-c2ccc(F)cc2)s1. The number of hydrogen-bond acceptors (Lipinski definition) is 11. The van der Waals surface area contributed by atoms with Crippen molar-refractivity contribution in [2.24, 2.45) is 0 Å². The van der Waals surface area contributed by atoms with Crippen LogP contribution in [0.2, 0.25) is 0 Å². The summed E-state index contributed by atoms with van der Waals surface area (Å²) in [6.07, 6.45) is 2.68. The van der Waals surface area contributed by atoms with Gasteiger partial charge in [0.25, 0.3) is 5.91 Å². The smallest absolute Gasteiger partial charge is 0.251 e. The molecule has 1 fully saturated rings. The van der Waals surface area contributed by atoms with Gasteiger partial charge in [-0.3, -0.25) is 19.5 Å². The van der Waals surface area contributed by atoms with E-state index in [1.165, 1.54) is 63.8 Å². The molecular weight excluding hydrogens is 648 g/mol. The minimum atomic E-state index is -3.61. The predicted molar refractivity (Wildman–Crippen MR) is 167 cm³/mol. The van der Waals surface area contributed by atoms with Gasteiger partial charge in [0.1, 0.15) is 5.82 Å². The number of amides is 2. The number of benzene rings is 2. The maximum absolute atomic E-state index is 13.7. The molecule has 4 aromatic rings. The lowest BCUT2D eigenvalue weighted by molar-refractivity contribution is -0.113. The van der Waals surface area contributed by atoms with E-state index in [0.717, 1.165) is 41.1 Å². The molecule has 232 valence electrons. The largest absolute Gasteiger partial charge is 0.345 e. The molecule has 5 rings (SSSR count). The van der Waals surface area contributed by atoms with Crippen LogP contribution in [-0.4, -0.2) is 74.1 Å². The Morgan fingerprint density at radius 2 is 1.68 bits per heavy atom. The number of aromatic nitrogens is 5. The van der Waals surface area contributed by atoms with Gasteiger partial charge in [-0.2, -0.15) is 4.31 Å². The predicted octanol–water partition coefficient (Wildman–Crippen LogP) is 4.21. The number of anilines is 1. The van der Waals surface area contributed by atoms with E-state index in [9.17, 15) is 22.4 Å². The van der Waals surface area contributed by atoms with Crippen molar-refractivity contribution >= 4 is 61.8 Å². The van der Waals surface area contributed by atoms with Crippen molar-refractivity contribution < 1.29 is 22.4 Å². The van der Waals surface area contributed by atoms with Gasteiger partial charge in [-0.1, -0.05) is 48.2 Å². The molecule has 2 amide bonds. The Kier molecular flexibility index (Phi) is 10.6. The number of nitrogens with one attached hydrogen (secondary N) is 2. The zero-order valence-electron chi connectivity index (χ0n) is 23.6. The molecule has 0 aliphatic carbocycles. The van der Waals surface area contributed by atoms with Crippen LogP contribution in [0.15, 0.2) is 62.9 Å². The zero-order chi connectivity index (χ0) is 31.1. The van der Waals surface area contributed by atoms with E-state index in [4.69, 9.17) is 0 Å². The number of sulfonamides is 1. The van der Waals surface area contributed by atoms with Crippen LogP contribution in [0.25, 0.3) is 5.69 Å². The van der Waals surface area contributed by atoms with Crippen LogP contribution in [0.5, 0.6) is 0 Å². The normalized spacial score (nSPS) is 14.0. The lowest BCUT2D eigenvalue weighted by atomic mass is 10.2. The van der Waals surface area contributed by atoms with Gasteiger partial charge in [0, 0.05) is 24.3 Å². The van der Waals surface area contributed by atoms with Gasteiger partial charge >= 0.3 is 0 Å². The monoisotopic (exact) mass is 676 g/mol. The first-order chi connectivity index (χ1) is 21.2. The van der Waals surface area contributed by atoms with Crippen LogP contribution in [-0.2, 0) is 21.4 Å². The third kappa shape index (κ3) is 7.82. The highest BCUT2D eigenvalue weighted by Gasteiger charge is 2.26. The molecule has 0 atom stereocenters. The summed E-state index contributed by atoms with van der Waals surface area (Å²) in [4.78, 5) is 25.7. The van der Waals surface area contributed by atoms with Crippen molar-refractivity contribution in [2.45, 2.75) is 47.1 Å². The number of thioether (sulfide) groups is 2. The maximum Gasteiger partial charge on any atom is 0.251 e. The van der Waals surface area contributed by atoms with Crippen molar-refractivity contribution in [2.75, 3.05) is 29.9 Å². The number of halogens is 1. The highest BCUT2D eigenvalue weighted by molar-refractivity contribution is 8.01. The summed E-state index contributed by atoms with van der Waals surface area (Å²) in [5.74, 6) is 0.0145. The Morgan fingerprint density at radius 3 is 2.39 bits per heavy atom. The van der Waals surface area contributed by atoms with E-state index in [1.54, 1.807) is 16.7 Å². The lowest BCUT2D eigenvalue weighted by Crippen LogP contribution is -2.35. The molecular formula is C27H29FN8O4S4. The standard InChI is InChI=1S/C27H29FN8O4S4/c1-2-41-27-34-32-25(43-27)30-23(37)17-42-26-33-31-22(36(26)20-10-8-19(28)9-11-20)16-29-24(38)18-6-12-21(13-7-18)44(39,40)35-14-4-3-5-15-35/h6-13H,2-5,14-17H2,1H3,(H,29,38)(H,30,32,37). The van der Waals surface area contributed by atoms with Crippen LogP contribution in [0, 0.1) is 5.82 Å². The number of carbonyl (C=O) groups excluding carboxylic acids is 2. The van der Waals surface area contributed by atoms with Gasteiger partial charge in [-0.25, -0.2) is 12.8 Å². The molecule has 44 heavy (non-hydrogen) atoms. The zero-order valence-corrected chi connectivity index (χ0v) is 26.9. The fraction of sp³-hybridized carbons (Fsp3) is 0.333. The molecule has 2 N–H and O–H groups in total. The Labute approximate surface area is 266 Å². The molecule has 0 radical (unpaired) electrons. The second kappa shape index (κ2) is 14.6. The minimum absolute atomic E-state index is 0.00575. The second-order valence-electron chi connectivity index (χ2n) is 9.53. The van der Waals surface area contributed by atoms with E-state index in [0.29, 0.717) is 34.9 Å². The molecule has 0 bridgehead atoms. The minimum Gasteiger partial charge on any atom is -0.345 e. The van der Waals surface area contributed by atoms with Crippen molar-refractivity contribution in [3.05, 3.63) is 65.7 Å². The average molecular weight is 677 g/mol. The van der Waals surface area contributed by atoms with E-state index in [1.807, 2.05) is 6.92 Å². The Bertz CT molecular complexity index is 1710. The first-order valence-electron chi connectivity index (χ1n) is 13.7. The molecule has 12 nitrogen and oxygen atoms in total. The molecule has 0 unspecified atom stereocenters. The summed E-state index contributed by atoms with van der Waals surface area (Å²) in [6, 6.07) is 11.5. The van der Waals surface area contributed by atoms with E-state index >= 15 is 0 Å². The molecule has 1 aliphatic heterocycles. The molecule has 17 heteroatoms.